The molecular formula is C7H6Cl2N4. The number of rotatable bonds is 1. The van der Waals surface area contributed by atoms with Gasteiger partial charge in [-0.05, 0) is 12.1 Å². The molecule has 0 fully saturated rings. The Morgan fingerprint density at radius 3 is 2.69 bits per heavy atom. The van der Waals surface area contributed by atoms with Gasteiger partial charge in [0.1, 0.15) is 0 Å². The highest BCUT2D eigenvalue weighted by Crippen LogP contribution is 2.27. The lowest BCUT2D eigenvalue weighted by molar-refractivity contribution is 1.21. The molecule has 13 heavy (non-hydrogen) atoms. The van der Waals surface area contributed by atoms with Gasteiger partial charge in [-0.1, -0.05) is 23.2 Å². The molecule has 0 atom stereocenters. The monoisotopic (exact) mass is 216 g/mol. The highest BCUT2D eigenvalue weighted by molar-refractivity contribution is 6.42. The van der Waals surface area contributed by atoms with Crippen molar-refractivity contribution in [2.75, 3.05) is 5.43 Å². The zero-order valence-electron chi connectivity index (χ0n) is 6.44. The second kappa shape index (κ2) is 3.06. The molecule has 0 amide bonds. The van der Waals surface area contributed by atoms with Crippen molar-refractivity contribution >= 4 is 40.2 Å². The highest BCUT2D eigenvalue weighted by Gasteiger charge is 2.05. The molecule has 0 aliphatic heterocycles. The van der Waals surface area contributed by atoms with Crippen molar-refractivity contribution in [3.05, 3.63) is 22.2 Å². The zero-order chi connectivity index (χ0) is 9.42. The van der Waals surface area contributed by atoms with Gasteiger partial charge in [0.25, 0.3) is 0 Å². The van der Waals surface area contributed by atoms with Gasteiger partial charge in [0, 0.05) is 0 Å². The summed E-state index contributed by atoms with van der Waals surface area (Å²) in [6, 6.07) is 3.38. The van der Waals surface area contributed by atoms with Crippen LogP contribution in [0.15, 0.2) is 12.1 Å². The number of nitrogens with one attached hydrogen (secondary N) is 2. The lowest BCUT2D eigenvalue weighted by Crippen LogP contribution is -2.07. The van der Waals surface area contributed by atoms with Crippen LogP contribution in [0.4, 0.5) is 5.95 Å². The van der Waals surface area contributed by atoms with Crippen LogP contribution in [-0.4, -0.2) is 9.97 Å². The van der Waals surface area contributed by atoms with Crippen molar-refractivity contribution < 1.29 is 0 Å². The van der Waals surface area contributed by atoms with E-state index in [4.69, 9.17) is 29.0 Å². The second-order valence-corrected chi connectivity index (χ2v) is 3.33. The first-order valence-electron chi connectivity index (χ1n) is 3.52. The molecule has 1 aromatic carbocycles. The molecule has 0 saturated heterocycles. The number of halogens is 2. The number of aromatic nitrogens is 2. The molecule has 0 spiro atoms. The number of benzene rings is 1. The predicted molar refractivity (Wildman–Crippen MR) is 53.9 cm³/mol. The number of hydrogen-bond donors (Lipinski definition) is 3. The number of hydrazine groups is 1. The number of aromatic amines is 1. The first-order valence-corrected chi connectivity index (χ1v) is 4.27. The Hall–Kier alpha value is -0.970. The first-order chi connectivity index (χ1) is 6.20. The average Bonchev–Trinajstić information content (AvgIpc) is 2.48. The van der Waals surface area contributed by atoms with Crippen LogP contribution in [0.3, 0.4) is 0 Å². The van der Waals surface area contributed by atoms with Crippen LogP contribution in [0.5, 0.6) is 0 Å². The fraction of sp³-hybridized carbons (Fsp3) is 0. The van der Waals surface area contributed by atoms with E-state index in [1.807, 2.05) is 0 Å². The van der Waals surface area contributed by atoms with Crippen LogP contribution >= 0.6 is 23.2 Å². The van der Waals surface area contributed by atoms with Crippen molar-refractivity contribution in [3.63, 3.8) is 0 Å². The van der Waals surface area contributed by atoms with Crippen molar-refractivity contribution in [1.29, 1.82) is 0 Å². The molecule has 0 saturated carbocycles. The summed E-state index contributed by atoms with van der Waals surface area (Å²) in [5.41, 5.74) is 3.92. The van der Waals surface area contributed by atoms with Crippen molar-refractivity contribution in [2.45, 2.75) is 0 Å². The largest absolute Gasteiger partial charge is 0.323 e. The molecule has 0 radical (unpaired) electrons. The smallest absolute Gasteiger partial charge is 0.215 e. The molecule has 2 rings (SSSR count). The van der Waals surface area contributed by atoms with E-state index >= 15 is 0 Å². The number of nitrogens with two attached hydrogens (primary N) is 1. The number of anilines is 1. The maximum Gasteiger partial charge on any atom is 0.215 e. The average molecular weight is 217 g/mol. The van der Waals surface area contributed by atoms with E-state index in [2.05, 4.69) is 15.4 Å². The minimum Gasteiger partial charge on any atom is -0.323 e. The fourth-order valence-corrected chi connectivity index (χ4v) is 1.39. The van der Waals surface area contributed by atoms with Gasteiger partial charge in [0.2, 0.25) is 5.95 Å². The Bertz CT molecular complexity index is 412. The van der Waals surface area contributed by atoms with Gasteiger partial charge >= 0.3 is 0 Å². The first kappa shape index (κ1) is 8.62. The SMILES string of the molecule is NNc1nc2cc(Cl)c(Cl)cc2[nH]1. The molecule has 0 bridgehead atoms. The molecule has 4 nitrogen and oxygen atoms in total. The summed E-state index contributed by atoms with van der Waals surface area (Å²) in [6.07, 6.45) is 0. The summed E-state index contributed by atoms with van der Waals surface area (Å²) in [5, 5.41) is 0.964. The van der Waals surface area contributed by atoms with Gasteiger partial charge in [-0.25, -0.2) is 10.8 Å². The molecule has 1 aromatic heterocycles. The van der Waals surface area contributed by atoms with Crippen LogP contribution in [-0.2, 0) is 0 Å². The van der Waals surface area contributed by atoms with Crippen LogP contribution in [0.1, 0.15) is 0 Å². The van der Waals surface area contributed by atoms with E-state index in [1.54, 1.807) is 12.1 Å². The lowest BCUT2D eigenvalue weighted by atomic mass is 10.3. The standard InChI is InChI=1S/C7H6Cl2N4/c8-3-1-5-6(2-4(3)9)12-7(11-5)13-10/h1-2H,10H2,(H2,11,12,13). The van der Waals surface area contributed by atoms with Gasteiger partial charge in [0.05, 0.1) is 21.1 Å². The predicted octanol–water partition coefficient (Wildman–Crippen LogP) is 2.16. The Morgan fingerprint density at radius 1 is 1.31 bits per heavy atom. The Labute approximate surface area is 84.0 Å². The van der Waals surface area contributed by atoms with E-state index < -0.39 is 0 Å². The molecule has 0 unspecified atom stereocenters. The number of nitrogen functional groups attached to an aromatic ring is 1. The van der Waals surface area contributed by atoms with Gasteiger partial charge in [-0.3, -0.25) is 5.43 Å². The summed E-state index contributed by atoms with van der Waals surface area (Å²) in [5.74, 6) is 5.66. The van der Waals surface area contributed by atoms with Crippen molar-refractivity contribution in [3.8, 4) is 0 Å². The van der Waals surface area contributed by atoms with Crippen molar-refractivity contribution in [2.24, 2.45) is 5.84 Å². The highest BCUT2D eigenvalue weighted by atomic mass is 35.5. The van der Waals surface area contributed by atoms with Crippen LogP contribution in [0, 0.1) is 0 Å². The maximum atomic E-state index is 5.81. The van der Waals surface area contributed by atoms with Gasteiger partial charge in [-0.2, -0.15) is 0 Å². The van der Waals surface area contributed by atoms with E-state index in [-0.39, 0.29) is 0 Å². The van der Waals surface area contributed by atoms with Crippen LogP contribution < -0.4 is 11.3 Å². The normalized spacial score (nSPS) is 10.7. The van der Waals surface area contributed by atoms with Gasteiger partial charge < -0.3 is 4.98 Å². The summed E-state index contributed by atoms with van der Waals surface area (Å²) < 4.78 is 0. The zero-order valence-corrected chi connectivity index (χ0v) is 7.95. The van der Waals surface area contributed by atoms with Gasteiger partial charge in [0.15, 0.2) is 0 Å². The Balaban J connectivity index is 2.70. The van der Waals surface area contributed by atoms with E-state index in [1.165, 1.54) is 0 Å². The minimum atomic E-state index is 0.476. The molecule has 2 aromatic rings. The Morgan fingerprint density at radius 2 is 2.00 bits per heavy atom. The summed E-state index contributed by atoms with van der Waals surface area (Å²) in [6.45, 7) is 0. The van der Waals surface area contributed by atoms with E-state index in [9.17, 15) is 0 Å². The van der Waals surface area contributed by atoms with E-state index in [0.29, 0.717) is 16.0 Å². The number of nitrogens with zero attached hydrogens (tertiary/aromatic N) is 1. The quantitative estimate of drug-likeness (QED) is 0.506. The molecular weight excluding hydrogens is 211 g/mol. The molecule has 0 aliphatic rings. The fourth-order valence-electron chi connectivity index (χ4n) is 1.07. The van der Waals surface area contributed by atoms with Crippen LogP contribution in [0.25, 0.3) is 11.0 Å². The third-order valence-corrected chi connectivity index (χ3v) is 2.38. The lowest BCUT2D eigenvalue weighted by Gasteiger charge is -1.92. The molecule has 6 heteroatoms. The third kappa shape index (κ3) is 1.44. The molecule has 68 valence electrons. The third-order valence-electron chi connectivity index (χ3n) is 1.66. The topological polar surface area (TPSA) is 66.7 Å². The molecule has 0 aliphatic carbocycles. The summed E-state index contributed by atoms with van der Waals surface area (Å²) >= 11 is 11.6. The van der Waals surface area contributed by atoms with Crippen LogP contribution in [0.2, 0.25) is 10.0 Å². The second-order valence-electron chi connectivity index (χ2n) is 2.51. The summed E-state index contributed by atoms with van der Waals surface area (Å²) in [7, 11) is 0. The number of hydrogen-bond acceptors (Lipinski definition) is 3. The molecule has 4 N–H and O–H groups in total. The number of fused-ring (bicyclic) bond motifs is 1. The Kier molecular flexibility index (Phi) is 2.03. The number of H-pyrrole nitrogens is 1. The number of imidazole rings is 1. The van der Waals surface area contributed by atoms with Gasteiger partial charge in [-0.15, -0.1) is 0 Å². The van der Waals surface area contributed by atoms with E-state index in [0.717, 1.165) is 11.0 Å². The maximum absolute atomic E-state index is 5.81. The van der Waals surface area contributed by atoms with Crippen molar-refractivity contribution in [1.82, 2.24) is 9.97 Å². The summed E-state index contributed by atoms with van der Waals surface area (Å²) in [4.78, 5) is 7.02. The minimum absolute atomic E-state index is 0.476. The molecule has 1 heterocycles.